The summed E-state index contributed by atoms with van der Waals surface area (Å²) in [5, 5.41) is 6.90. The van der Waals surface area contributed by atoms with E-state index in [9.17, 15) is 4.39 Å². The summed E-state index contributed by atoms with van der Waals surface area (Å²) in [6, 6.07) is 13.6. The van der Waals surface area contributed by atoms with E-state index < -0.39 is 0 Å². The van der Waals surface area contributed by atoms with E-state index in [4.69, 9.17) is 25.8 Å². The minimum Gasteiger partial charge on any atom is -0.487 e. The van der Waals surface area contributed by atoms with Gasteiger partial charge in [0.05, 0.1) is 24.3 Å². The van der Waals surface area contributed by atoms with Gasteiger partial charge in [-0.1, -0.05) is 23.7 Å². The molecule has 1 saturated heterocycles. The van der Waals surface area contributed by atoms with E-state index in [1.807, 2.05) is 6.07 Å². The van der Waals surface area contributed by atoms with E-state index in [1.165, 1.54) is 12.1 Å². The third-order valence-electron chi connectivity index (χ3n) is 4.80. The highest BCUT2D eigenvalue weighted by atomic mass is 35.5. The quantitative estimate of drug-likeness (QED) is 0.493. The number of morpholine rings is 1. The molecule has 0 bridgehead atoms. The fourth-order valence-electron chi connectivity index (χ4n) is 3.20. The SMILES string of the molecule is Fc1cccc(COc2ccc(Nc3ccnc(OCCC4CNCCO4)n3)cc2Cl)c1. The molecule has 0 aliphatic carbocycles. The molecule has 1 aliphatic heterocycles. The van der Waals surface area contributed by atoms with E-state index in [-0.39, 0.29) is 18.5 Å². The van der Waals surface area contributed by atoms with Gasteiger partial charge in [-0.2, -0.15) is 4.98 Å². The number of nitrogens with one attached hydrogen (secondary N) is 2. The Morgan fingerprint density at radius 2 is 2.12 bits per heavy atom. The predicted octanol–water partition coefficient (Wildman–Crippen LogP) is 4.35. The summed E-state index contributed by atoms with van der Waals surface area (Å²) >= 11 is 6.35. The van der Waals surface area contributed by atoms with Gasteiger partial charge in [-0.25, -0.2) is 9.37 Å². The maximum Gasteiger partial charge on any atom is 0.318 e. The molecule has 1 fully saturated rings. The highest BCUT2D eigenvalue weighted by Crippen LogP contribution is 2.29. The van der Waals surface area contributed by atoms with Gasteiger partial charge in [-0.15, -0.1) is 0 Å². The Kier molecular flexibility index (Phi) is 7.71. The molecule has 0 amide bonds. The van der Waals surface area contributed by atoms with Gasteiger partial charge in [-0.3, -0.25) is 0 Å². The maximum absolute atomic E-state index is 13.3. The summed E-state index contributed by atoms with van der Waals surface area (Å²) in [6.45, 7) is 3.13. The van der Waals surface area contributed by atoms with Crippen LogP contribution in [0.25, 0.3) is 0 Å². The van der Waals surface area contributed by atoms with Crippen LogP contribution in [-0.2, 0) is 11.3 Å². The monoisotopic (exact) mass is 458 g/mol. The zero-order chi connectivity index (χ0) is 22.2. The lowest BCUT2D eigenvalue weighted by molar-refractivity contribution is 0.0152. The van der Waals surface area contributed by atoms with E-state index >= 15 is 0 Å². The van der Waals surface area contributed by atoms with Crippen molar-refractivity contribution in [1.82, 2.24) is 15.3 Å². The largest absolute Gasteiger partial charge is 0.487 e. The molecule has 4 rings (SSSR count). The number of anilines is 2. The van der Waals surface area contributed by atoms with E-state index in [0.29, 0.717) is 29.2 Å². The molecule has 1 aromatic heterocycles. The number of halogens is 2. The minimum atomic E-state index is -0.302. The number of rotatable bonds is 9. The van der Waals surface area contributed by atoms with Gasteiger partial charge in [0.25, 0.3) is 0 Å². The van der Waals surface area contributed by atoms with Crippen molar-refractivity contribution in [3.8, 4) is 11.8 Å². The third kappa shape index (κ3) is 6.53. The van der Waals surface area contributed by atoms with E-state index in [2.05, 4.69) is 20.6 Å². The molecule has 32 heavy (non-hydrogen) atoms. The van der Waals surface area contributed by atoms with Crippen molar-refractivity contribution in [3.05, 3.63) is 71.1 Å². The number of hydrogen-bond acceptors (Lipinski definition) is 7. The molecule has 1 aliphatic rings. The molecule has 2 aromatic carbocycles. The van der Waals surface area contributed by atoms with Crippen molar-refractivity contribution in [2.24, 2.45) is 0 Å². The highest BCUT2D eigenvalue weighted by Gasteiger charge is 2.13. The number of benzene rings is 2. The predicted molar refractivity (Wildman–Crippen MR) is 120 cm³/mol. The van der Waals surface area contributed by atoms with Crippen molar-refractivity contribution in [2.75, 3.05) is 31.6 Å². The third-order valence-corrected chi connectivity index (χ3v) is 5.09. The lowest BCUT2D eigenvalue weighted by atomic mass is 10.2. The molecule has 1 unspecified atom stereocenters. The van der Waals surface area contributed by atoms with Crippen LogP contribution in [0.2, 0.25) is 5.02 Å². The van der Waals surface area contributed by atoms with Crippen LogP contribution in [0.15, 0.2) is 54.7 Å². The summed E-state index contributed by atoms with van der Waals surface area (Å²) < 4.78 is 30.3. The first kappa shape index (κ1) is 22.3. The second-order valence-electron chi connectivity index (χ2n) is 7.25. The Morgan fingerprint density at radius 1 is 1.19 bits per heavy atom. The summed E-state index contributed by atoms with van der Waals surface area (Å²) in [5.74, 6) is 0.784. The molecule has 2 N–H and O–H groups in total. The van der Waals surface area contributed by atoms with Crippen molar-refractivity contribution >= 4 is 23.1 Å². The van der Waals surface area contributed by atoms with Crippen LogP contribution >= 0.6 is 11.6 Å². The van der Waals surface area contributed by atoms with Gasteiger partial charge in [0.2, 0.25) is 0 Å². The second-order valence-corrected chi connectivity index (χ2v) is 7.65. The number of hydrogen-bond donors (Lipinski definition) is 2. The van der Waals surface area contributed by atoms with Crippen molar-refractivity contribution in [3.63, 3.8) is 0 Å². The van der Waals surface area contributed by atoms with Crippen LogP contribution in [0.4, 0.5) is 15.9 Å². The molecule has 0 spiro atoms. The van der Waals surface area contributed by atoms with Gasteiger partial charge < -0.3 is 24.8 Å². The van der Waals surface area contributed by atoms with Gasteiger partial charge in [0, 0.05) is 31.4 Å². The molecular formula is C23H24ClFN4O3. The first-order valence-corrected chi connectivity index (χ1v) is 10.8. The van der Waals surface area contributed by atoms with Crippen LogP contribution < -0.4 is 20.1 Å². The Balaban J connectivity index is 1.30. The maximum atomic E-state index is 13.3. The number of nitrogens with zero attached hydrogens (tertiary/aromatic N) is 2. The molecular weight excluding hydrogens is 435 g/mol. The molecule has 168 valence electrons. The van der Waals surface area contributed by atoms with Gasteiger partial charge in [0.15, 0.2) is 0 Å². The van der Waals surface area contributed by atoms with Crippen molar-refractivity contribution < 1.29 is 18.6 Å². The fraction of sp³-hybridized carbons (Fsp3) is 0.304. The molecule has 2 heterocycles. The number of aromatic nitrogens is 2. The normalized spacial score (nSPS) is 15.9. The average molecular weight is 459 g/mol. The summed E-state index contributed by atoms with van der Waals surface area (Å²) in [6.07, 6.45) is 2.54. The zero-order valence-corrected chi connectivity index (χ0v) is 18.1. The van der Waals surface area contributed by atoms with Gasteiger partial charge in [0.1, 0.15) is 24.0 Å². The zero-order valence-electron chi connectivity index (χ0n) is 17.4. The molecule has 3 aromatic rings. The number of ether oxygens (including phenoxy) is 3. The van der Waals surface area contributed by atoms with E-state index in [0.717, 1.165) is 37.4 Å². The molecule has 9 heteroatoms. The standard InChI is InChI=1S/C23H24ClFN4O3/c24-20-13-18(4-5-21(20)32-15-16-2-1-3-17(25)12-16)28-22-6-8-27-23(29-22)31-10-7-19-14-26-9-11-30-19/h1-6,8,12-13,19,26H,7,9-11,14-15H2,(H,27,28,29). The first-order chi connectivity index (χ1) is 15.7. The topological polar surface area (TPSA) is 77.5 Å². The average Bonchev–Trinajstić information content (AvgIpc) is 2.80. The van der Waals surface area contributed by atoms with Gasteiger partial charge in [-0.05, 0) is 42.0 Å². The fourth-order valence-corrected chi connectivity index (χ4v) is 3.43. The Morgan fingerprint density at radius 3 is 2.94 bits per heavy atom. The molecule has 0 radical (unpaired) electrons. The van der Waals surface area contributed by atoms with Crippen LogP contribution in [0.1, 0.15) is 12.0 Å². The Bertz CT molecular complexity index is 1030. The lowest BCUT2D eigenvalue weighted by Crippen LogP contribution is -2.39. The van der Waals surface area contributed by atoms with E-state index in [1.54, 1.807) is 36.5 Å². The van der Waals surface area contributed by atoms with Crippen LogP contribution in [0.5, 0.6) is 11.8 Å². The summed E-state index contributed by atoms with van der Waals surface area (Å²) in [5.41, 5.74) is 1.46. The van der Waals surface area contributed by atoms with Crippen molar-refractivity contribution in [2.45, 2.75) is 19.1 Å². The van der Waals surface area contributed by atoms with Crippen LogP contribution in [0.3, 0.4) is 0 Å². The summed E-state index contributed by atoms with van der Waals surface area (Å²) in [7, 11) is 0. The lowest BCUT2D eigenvalue weighted by Gasteiger charge is -2.23. The molecule has 0 saturated carbocycles. The minimum absolute atomic E-state index is 0.147. The highest BCUT2D eigenvalue weighted by molar-refractivity contribution is 6.32. The Hall–Kier alpha value is -2.94. The molecule has 7 nitrogen and oxygen atoms in total. The smallest absolute Gasteiger partial charge is 0.318 e. The van der Waals surface area contributed by atoms with Crippen molar-refractivity contribution in [1.29, 1.82) is 0 Å². The second kappa shape index (κ2) is 11.1. The summed E-state index contributed by atoms with van der Waals surface area (Å²) in [4.78, 5) is 8.53. The van der Waals surface area contributed by atoms with Crippen LogP contribution in [0, 0.1) is 5.82 Å². The Labute approximate surface area is 190 Å². The molecule has 1 atom stereocenters. The first-order valence-electron chi connectivity index (χ1n) is 10.4. The van der Waals surface area contributed by atoms with Crippen LogP contribution in [-0.4, -0.2) is 42.4 Å². The van der Waals surface area contributed by atoms with Gasteiger partial charge >= 0.3 is 6.01 Å².